The van der Waals surface area contributed by atoms with Gasteiger partial charge in [-0.15, -0.1) is 0 Å². The molecule has 0 heterocycles. The van der Waals surface area contributed by atoms with Crippen LogP contribution < -0.4 is 0 Å². The van der Waals surface area contributed by atoms with Crippen LogP contribution in [-0.4, -0.2) is 11.5 Å². The zero-order chi connectivity index (χ0) is 11.2. The Morgan fingerprint density at radius 1 is 0.333 bits per heavy atom. The molecular formula is C13H28S2. The third kappa shape index (κ3) is 14.7. The highest BCUT2D eigenvalue weighted by atomic mass is 32.1. The van der Waals surface area contributed by atoms with E-state index in [2.05, 4.69) is 25.3 Å². The standard InChI is InChI=1S/C13H28S2/c14-12-10-8-6-4-2-1-3-5-7-9-11-13-15/h14-15H,1-13H2. The fraction of sp³-hybridized carbons (Fsp3) is 1.00. The van der Waals surface area contributed by atoms with Gasteiger partial charge in [-0.3, -0.25) is 0 Å². The van der Waals surface area contributed by atoms with Crippen LogP contribution in [0.2, 0.25) is 0 Å². The Kier molecular flexibility index (Phi) is 15.4. The highest BCUT2D eigenvalue weighted by molar-refractivity contribution is 7.80. The van der Waals surface area contributed by atoms with E-state index >= 15 is 0 Å². The molecule has 0 saturated carbocycles. The summed E-state index contributed by atoms with van der Waals surface area (Å²) in [5.41, 5.74) is 0. The predicted molar refractivity (Wildman–Crippen MR) is 78.5 cm³/mol. The van der Waals surface area contributed by atoms with E-state index in [1.54, 1.807) is 0 Å². The molecule has 0 rings (SSSR count). The zero-order valence-corrected chi connectivity index (χ0v) is 11.9. The molecule has 0 bridgehead atoms. The lowest BCUT2D eigenvalue weighted by atomic mass is 10.1. The molecule has 0 amide bonds. The first-order chi connectivity index (χ1) is 7.41. The van der Waals surface area contributed by atoms with E-state index < -0.39 is 0 Å². The number of unbranched alkanes of at least 4 members (excludes halogenated alkanes) is 10. The topological polar surface area (TPSA) is 0 Å². The van der Waals surface area contributed by atoms with Gasteiger partial charge in [-0.25, -0.2) is 0 Å². The Morgan fingerprint density at radius 3 is 0.733 bits per heavy atom. The van der Waals surface area contributed by atoms with Crippen molar-refractivity contribution in [3.05, 3.63) is 0 Å². The van der Waals surface area contributed by atoms with Crippen molar-refractivity contribution in [3.8, 4) is 0 Å². The maximum absolute atomic E-state index is 4.21. The summed E-state index contributed by atoms with van der Waals surface area (Å²) < 4.78 is 0. The van der Waals surface area contributed by atoms with Crippen molar-refractivity contribution in [1.82, 2.24) is 0 Å². The quantitative estimate of drug-likeness (QED) is 0.347. The minimum absolute atomic E-state index is 1.06. The minimum atomic E-state index is 1.06. The average Bonchev–Trinajstić information content (AvgIpc) is 2.26. The summed E-state index contributed by atoms with van der Waals surface area (Å²) in [6.45, 7) is 0. The molecule has 0 aliphatic heterocycles. The normalized spacial score (nSPS) is 10.8. The first-order valence-electron chi connectivity index (χ1n) is 6.63. The van der Waals surface area contributed by atoms with Crippen LogP contribution in [0.4, 0.5) is 0 Å². The van der Waals surface area contributed by atoms with E-state index in [0.717, 1.165) is 11.5 Å². The third-order valence-corrected chi connectivity index (χ3v) is 3.45. The number of thiol groups is 2. The van der Waals surface area contributed by atoms with Gasteiger partial charge in [0.05, 0.1) is 0 Å². The molecule has 0 saturated heterocycles. The number of hydrogen-bond acceptors (Lipinski definition) is 2. The van der Waals surface area contributed by atoms with E-state index in [-0.39, 0.29) is 0 Å². The van der Waals surface area contributed by atoms with Crippen LogP contribution in [0.3, 0.4) is 0 Å². The second kappa shape index (κ2) is 14.7. The molecule has 0 spiro atoms. The lowest BCUT2D eigenvalue weighted by molar-refractivity contribution is 0.556. The first-order valence-corrected chi connectivity index (χ1v) is 7.90. The van der Waals surface area contributed by atoms with E-state index in [0.29, 0.717) is 0 Å². The van der Waals surface area contributed by atoms with Gasteiger partial charge in [-0.2, -0.15) is 25.3 Å². The van der Waals surface area contributed by atoms with Crippen LogP contribution in [0.1, 0.15) is 70.6 Å². The second-order valence-corrected chi connectivity index (χ2v) is 5.23. The summed E-state index contributed by atoms with van der Waals surface area (Å²) in [7, 11) is 0. The predicted octanol–water partition coefficient (Wildman–Crippen LogP) is 5.14. The van der Waals surface area contributed by atoms with Crippen molar-refractivity contribution < 1.29 is 0 Å². The van der Waals surface area contributed by atoms with Gasteiger partial charge in [0, 0.05) is 0 Å². The van der Waals surface area contributed by atoms with Crippen molar-refractivity contribution in [2.45, 2.75) is 70.6 Å². The molecule has 0 atom stereocenters. The summed E-state index contributed by atoms with van der Waals surface area (Å²) >= 11 is 8.43. The molecule has 0 aliphatic carbocycles. The minimum Gasteiger partial charge on any atom is -0.179 e. The second-order valence-electron chi connectivity index (χ2n) is 4.34. The summed E-state index contributed by atoms with van der Waals surface area (Å²) in [5, 5.41) is 0. The fourth-order valence-corrected chi connectivity index (χ4v) is 2.26. The van der Waals surface area contributed by atoms with Crippen LogP contribution in [0, 0.1) is 0 Å². The summed E-state index contributed by atoms with van der Waals surface area (Å²) in [4.78, 5) is 0. The molecule has 0 aromatic rings. The summed E-state index contributed by atoms with van der Waals surface area (Å²) in [5.74, 6) is 2.12. The smallest absolute Gasteiger partial charge is 0.00979 e. The Morgan fingerprint density at radius 2 is 0.533 bits per heavy atom. The van der Waals surface area contributed by atoms with E-state index in [4.69, 9.17) is 0 Å². The van der Waals surface area contributed by atoms with Crippen LogP contribution in [0.5, 0.6) is 0 Å². The highest BCUT2D eigenvalue weighted by Gasteiger charge is 1.92. The van der Waals surface area contributed by atoms with Gasteiger partial charge in [-0.05, 0) is 24.3 Å². The maximum Gasteiger partial charge on any atom is -0.00979 e. The zero-order valence-electron chi connectivity index (χ0n) is 10.1. The van der Waals surface area contributed by atoms with E-state index in [9.17, 15) is 0 Å². The van der Waals surface area contributed by atoms with Gasteiger partial charge in [0.25, 0.3) is 0 Å². The van der Waals surface area contributed by atoms with E-state index in [1.807, 2.05) is 0 Å². The SMILES string of the molecule is SCCCCCCCCCCCCCS. The molecule has 0 aromatic carbocycles. The molecule has 0 fully saturated rings. The van der Waals surface area contributed by atoms with Crippen molar-refractivity contribution in [2.75, 3.05) is 11.5 Å². The van der Waals surface area contributed by atoms with Gasteiger partial charge in [-0.1, -0.05) is 57.8 Å². The lowest BCUT2D eigenvalue weighted by Gasteiger charge is -2.01. The monoisotopic (exact) mass is 248 g/mol. The molecule has 0 unspecified atom stereocenters. The fourth-order valence-electron chi connectivity index (χ4n) is 1.81. The summed E-state index contributed by atoms with van der Waals surface area (Å²) in [6.07, 6.45) is 15.4. The Labute approximate surface area is 107 Å². The molecule has 92 valence electrons. The summed E-state index contributed by atoms with van der Waals surface area (Å²) in [6, 6.07) is 0. The molecule has 15 heavy (non-hydrogen) atoms. The highest BCUT2D eigenvalue weighted by Crippen LogP contribution is 2.11. The molecule has 2 heteroatoms. The Balaban J connectivity index is 2.81. The van der Waals surface area contributed by atoms with Crippen molar-refractivity contribution in [3.63, 3.8) is 0 Å². The molecule has 0 nitrogen and oxygen atoms in total. The van der Waals surface area contributed by atoms with Crippen LogP contribution in [0.25, 0.3) is 0 Å². The van der Waals surface area contributed by atoms with Crippen LogP contribution in [0.15, 0.2) is 0 Å². The van der Waals surface area contributed by atoms with Gasteiger partial charge in [0.2, 0.25) is 0 Å². The first kappa shape index (κ1) is 15.7. The molecule has 0 N–H and O–H groups in total. The third-order valence-electron chi connectivity index (χ3n) is 2.82. The molecule has 0 aromatic heterocycles. The maximum atomic E-state index is 4.21. The lowest BCUT2D eigenvalue weighted by Crippen LogP contribution is -1.83. The molecule has 0 radical (unpaired) electrons. The van der Waals surface area contributed by atoms with Crippen molar-refractivity contribution in [2.24, 2.45) is 0 Å². The van der Waals surface area contributed by atoms with Crippen LogP contribution >= 0.6 is 25.3 Å². The molecular weight excluding hydrogens is 220 g/mol. The average molecular weight is 249 g/mol. The van der Waals surface area contributed by atoms with Gasteiger partial charge in [0.15, 0.2) is 0 Å². The van der Waals surface area contributed by atoms with Gasteiger partial charge < -0.3 is 0 Å². The van der Waals surface area contributed by atoms with Crippen LogP contribution in [-0.2, 0) is 0 Å². The Bertz CT molecular complexity index is 92.7. The van der Waals surface area contributed by atoms with Crippen molar-refractivity contribution in [1.29, 1.82) is 0 Å². The largest absolute Gasteiger partial charge is 0.179 e. The van der Waals surface area contributed by atoms with Crippen molar-refractivity contribution >= 4 is 25.3 Å². The number of hydrogen-bond donors (Lipinski definition) is 2. The Hall–Kier alpha value is 0.700. The molecule has 0 aliphatic rings. The van der Waals surface area contributed by atoms with Gasteiger partial charge in [0.1, 0.15) is 0 Å². The van der Waals surface area contributed by atoms with E-state index in [1.165, 1.54) is 70.6 Å². The number of rotatable bonds is 12. The van der Waals surface area contributed by atoms with Gasteiger partial charge >= 0.3 is 0 Å².